The van der Waals surface area contributed by atoms with Gasteiger partial charge in [-0.15, -0.1) is 0 Å². The fourth-order valence-corrected chi connectivity index (χ4v) is 1.14. The summed E-state index contributed by atoms with van der Waals surface area (Å²) in [7, 11) is 0. The van der Waals surface area contributed by atoms with E-state index in [2.05, 4.69) is 11.1 Å². The van der Waals surface area contributed by atoms with Crippen LogP contribution in [-0.2, 0) is 11.2 Å². The predicted molar refractivity (Wildman–Crippen MR) is 40.1 cm³/mol. The Labute approximate surface area is 63.5 Å². The minimum Gasteiger partial charge on any atom is -0.612 e. The van der Waals surface area contributed by atoms with Crippen molar-refractivity contribution in [3.05, 3.63) is 24.0 Å². The van der Waals surface area contributed by atoms with Gasteiger partial charge in [-0.05, 0) is 23.7 Å². The lowest BCUT2D eigenvalue weighted by atomic mass is 10.3. The van der Waals surface area contributed by atoms with Gasteiger partial charge in [0.2, 0.25) is 0 Å². The smallest absolute Gasteiger partial charge is 0.179 e. The van der Waals surface area contributed by atoms with Crippen molar-refractivity contribution in [1.29, 1.82) is 0 Å². The van der Waals surface area contributed by atoms with Gasteiger partial charge in [-0.2, -0.15) is 0 Å². The number of nitrogens with zero attached hydrogens (tertiary/aromatic N) is 1. The summed E-state index contributed by atoms with van der Waals surface area (Å²) in [5, 5.41) is 0. The Hall–Kier alpha value is -0.540. The first-order valence-electron chi connectivity index (χ1n) is 2.87. The van der Waals surface area contributed by atoms with E-state index in [1.54, 1.807) is 18.6 Å². The summed E-state index contributed by atoms with van der Waals surface area (Å²) in [6.45, 7) is 1.88. The monoisotopic (exact) mass is 154 g/mol. The molecule has 0 aliphatic carbocycles. The first-order chi connectivity index (χ1) is 4.70. The molecular formula is C7H8NOS. The van der Waals surface area contributed by atoms with Crippen LogP contribution in [0.2, 0.25) is 0 Å². The van der Waals surface area contributed by atoms with E-state index in [1.807, 2.05) is 6.92 Å². The summed E-state index contributed by atoms with van der Waals surface area (Å²) in [4.78, 5) is 4.55. The third kappa shape index (κ3) is 1.72. The van der Waals surface area contributed by atoms with Crippen molar-refractivity contribution < 1.29 is 4.55 Å². The fourth-order valence-electron chi connectivity index (χ4n) is 0.622. The second-order valence-corrected chi connectivity index (χ2v) is 3.38. The van der Waals surface area contributed by atoms with Crippen LogP contribution in [0.1, 0.15) is 5.56 Å². The number of aromatic nitrogens is 1. The van der Waals surface area contributed by atoms with Crippen LogP contribution in [0.5, 0.6) is 0 Å². The van der Waals surface area contributed by atoms with Crippen molar-refractivity contribution in [3.63, 3.8) is 0 Å². The molecule has 0 aliphatic rings. The zero-order valence-electron chi connectivity index (χ0n) is 5.92. The van der Waals surface area contributed by atoms with E-state index in [1.165, 1.54) is 0 Å². The first-order valence-corrected chi connectivity index (χ1v) is 4.43. The molecule has 0 aromatic carbocycles. The number of hydrogen-bond acceptors (Lipinski definition) is 2. The third-order valence-electron chi connectivity index (χ3n) is 1.09. The van der Waals surface area contributed by atoms with Crippen molar-refractivity contribution in [1.82, 2.24) is 4.98 Å². The van der Waals surface area contributed by atoms with E-state index in [-0.39, 0.29) is 0 Å². The molecule has 0 fully saturated rings. The fraction of sp³-hybridized carbons (Fsp3) is 0.286. The highest BCUT2D eigenvalue weighted by molar-refractivity contribution is 7.90. The average Bonchev–Trinajstić information content (AvgIpc) is 1.88. The lowest BCUT2D eigenvalue weighted by Gasteiger charge is -2.01. The minimum absolute atomic E-state index is 0.667. The molecule has 0 amide bonds. The van der Waals surface area contributed by atoms with Crippen LogP contribution >= 0.6 is 0 Å². The van der Waals surface area contributed by atoms with Gasteiger partial charge in [0, 0.05) is 12.3 Å². The molecule has 2 nitrogen and oxygen atoms in total. The Morgan fingerprint density at radius 1 is 1.60 bits per heavy atom. The first kappa shape index (κ1) is 7.57. The standard InChI is InChI=1S/C7H8NOS/c1-6-3-7(10(2)9)5-8-4-6/h4-5H,1-2H3. The number of pyridine rings is 1. The third-order valence-corrected chi connectivity index (χ3v) is 1.92. The molecule has 0 saturated heterocycles. The second-order valence-electron chi connectivity index (χ2n) is 2.03. The molecule has 10 heavy (non-hydrogen) atoms. The molecule has 1 aromatic rings. The Morgan fingerprint density at radius 3 is 2.70 bits per heavy atom. The predicted octanol–water partition coefficient (Wildman–Crippen LogP) is 0.928. The van der Waals surface area contributed by atoms with Crippen molar-refractivity contribution in [2.75, 3.05) is 6.26 Å². The highest BCUT2D eigenvalue weighted by atomic mass is 32.2. The molecule has 1 heterocycles. The zero-order chi connectivity index (χ0) is 7.56. The van der Waals surface area contributed by atoms with Gasteiger partial charge in [0.15, 0.2) is 4.90 Å². The highest BCUT2D eigenvalue weighted by Gasteiger charge is 2.03. The largest absolute Gasteiger partial charge is 0.612 e. The highest BCUT2D eigenvalue weighted by Crippen LogP contribution is 2.06. The normalized spacial score (nSPS) is 13.1. The van der Waals surface area contributed by atoms with Crippen LogP contribution < -0.4 is 0 Å². The molecule has 0 spiro atoms. The van der Waals surface area contributed by atoms with Gasteiger partial charge in [0.1, 0.15) is 6.26 Å². The Bertz CT molecular complexity index is 225. The van der Waals surface area contributed by atoms with Crippen molar-refractivity contribution in [2.24, 2.45) is 0 Å². The molecule has 53 valence electrons. The van der Waals surface area contributed by atoms with E-state index in [9.17, 15) is 4.55 Å². The molecule has 3 heteroatoms. The van der Waals surface area contributed by atoms with E-state index in [0.29, 0.717) is 4.90 Å². The number of aryl methyl sites for hydroxylation is 1. The van der Waals surface area contributed by atoms with Crippen molar-refractivity contribution >= 4 is 11.2 Å². The van der Waals surface area contributed by atoms with E-state index < -0.39 is 11.2 Å². The summed E-state index contributed by atoms with van der Waals surface area (Å²) in [6.07, 6.45) is 4.88. The van der Waals surface area contributed by atoms with Gasteiger partial charge in [0.25, 0.3) is 0 Å². The van der Waals surface area contributed by atoms with E-state index >= 15 is 0 Å². The molecule has 1 atom stereocenters. The molecule has 0 saturated carbocycles. The molecule has 1 unspecified atom stereocenters. The number of rotatable bonds is 1. The van der Waals surface area contributed by atoms with Gasteiger partial charge in [-0.25, -0.2) is 0 Å². The molecule has 1 radical (unpaired) electrons. The van der Waals surface area contributed by atoms with Gasteiger partial charge >= 0.3 is 0 Å². The molecular weight excluding hydrogens is 146 g/mol. The lowest BCUT2D eigenvalue weighted by Crippen LogP contribution is -1.98. The van der Waals surface area contributed by atoms with Crippen LogP contribution in [0.25, 0.3) is 0 Å². The van der Waals surface area contributed by atoms with E-state index in [4.69, 9.17) is 0 Å². The maximum atomic E-state index is 10.8. The maximum absolute atomic E-state index is 10.8. The van der Waals surface area contributed by atoms with Gasteiger partial charge in [-0.3, -0.25) is 4.98 Å². The van der Waals surface area contributed by atoms with Gasteiger partial charge in [-0.1, -0.05) is 0 Å². The van der Waals surface area contributed by atoms with Gasteiger partial charge < -0.3 is 4.55 Å². The van der Waals surface area contributed by atoms with Gasteiger partial charge in [0.05, 0.1) is 6.20 Å². The zero-order valence-corrected chi connectivity index (χ0v) is 6.73. The number of hydrogen-bond donors (Lipinski definition) is 0. The molecule has 0 N–H and O–H groups in total. The molecule has 1 rings (SSSR count). The molecule has 1 aromatic heterocycles. The van der Waals surface area contributed by atoms with Crippen LogP contribution in [0.4, 0.5) is 0 Å². The topological polar surface area (TPSA) is 36.0 Å². The minimum atomic E-state index is -0.957. The summed E-state index contributed by atoms with van der Waals surface area (Å²) in [5.41, 5.74) is 0.924. The van der Waals surface area contributed by atoms with Crippen molar-refractivity contribution in [3.8, 4) is 0 Å². The van der Waals surface area contributed by atoms with Crippen LogP contribution in [0.15, 0.2) is 17.3 Å². The van der Waals surface area contributed by atoms with Crippen LogP contribution in [0, 0.1) is 13.0 Å². The van der Waals surface area contributed by atoms with Crippen molar-refractivity contribution in [2.45, 2.75) is 11.8 Å². The Morgan fingerprint density at radius 2 is 2.30 bits per heavy atom. The molecule has 0 aliphatic heterocycles. The Kier molecular flexibility index (Phi) is 2.29. The second kappa shape index (κ2) is 3.03. The summed E-state index contributed by atoms with van der Waals surface area (Å²) in [5.74, 6) is 0. The lowest BCUT2D eigenvalue weighted by molar-refractivity contribution is 0.600. The summed E-state index contributed by atoms with van der Waals surface area (Å²) in [6, 6.07) is 2.94. The Balaban J connectivity index is 2.96. The summed E-state index contributed by atoms with van der Waals surface area (Å²) < 4.78 is 10.8. The molecule has 0 bridgehead atoms. The average molecular weight is 154 g/mol. The summed E-state index contributed by atoms with van der Waals surface area (Å²) >= 11 is -0.957. The maximum Gasteiger partial charge on any atom is 0.179 e. The van der Waals surface area contributed by atoms with E-state index in [0.717, 1.165) is 5.56 Å². The quantitative estimate of drug-likeness (QED) is 0.564. The van der Waals surface area contributed by atoms with Crippen LogP contribution in [0.3, 0.4) is 0 Å². The van der Waals surface area contributed by atoms with Crippen LogP contribution in [-0.4, -0.2) is 15.8 Å². The SMILES string of the molecule is Cc1[c]c([S+](C)[O-])cnc1.